The Hall–Kier alpha value is -1.10. The van der Waals surface area contributed by atoms with Crippen LogP contribution in [0.25, 0.3) is 0 Å². The zero-order valence-corrected chi connectivity index (χ0v) is 9.95. The van der Waals surface area contributed by atoms with Gasteiger partial charge in [0.05, 0.1) is 11.8 Å². The number of nitrogens with one attached hydrogen (secondary N) is 2. The first kappa shape index (κ1) is 12.4. The Morgan fingerprint density at radius 1 is 1.18 bits per heavy atom. The van der Waals surface area contributed by atoms with Crippen LogP contribution in [0.3, 0.4) is 0 Å². The number of aliphatic carboxylic acids is 1. The quantitative estimate of drug-likeness (QED) is 0.665. The standard InChI is InChI=1S/C12H20N2O3/c15-11(9-4-5-13-7-9)14-10-3-1-2-8(6-10)12(16)17/h8-10,13H,1-7H2,(H,14,15)(H,16,17). The molecule has 0 aromatic heterocycles. The molecule has 5 heteroatoms. The van der Waals surface area contributed by atoms with E-state index in [0.29, 0.717) is 6.42 Å². The third kappa shape index (κ3) is 3.19. The van der Waals surface area contributed by atoms with E-state index in [0.717, 1.165) is 38.8 Å². The topological polar surface area (TPSA) is 78.4 Å². The fourth-order valence-electron chi connectivity index (χ4n) is 2.74. The molecule has 17 heavy (non-hydrogen) atoms. The van der Waals surface area contributed by atoms with E-state index in [4.69, 9.17) is 5.11 Å². The van der Waals surface area contributed by atoms with Crippen molar-refractivity contribution in [3.8, 4) is 0 Å². The number of hydrogen-bond acceptors (Lipinski definition) is 3. The minimum Gasteiger partial charge on any atom is -0.481 e. The van der Waals surface area contributed by atoms with E-state index in [-0.39, 0.29) is 23.8 Å². The van der Waals surface area contributed by atoms with Gasteiger partial charge < -0.3 is 15.7 Å². The number of carboxylic acid groups (broad SMARTS) is 1. The van der Waals surface area contributed by atoms with E-state index in [9.17, 15) is 9.59 Å². The Balaban J connectivity index is 1.81. The van der Waals surface area contributed by atoms with Gasteiger partial charge in [0, 0.05) is 12.6 Å². The molecule has 1 amide bonds. The minimum atomic E-state index is -0.730. The molecule has 1 heterocycles. The highest BCUT2D eigenvalue weighted by molar-refractivity contribution is 5.79. The molecule has 1 aliphatic heterocycles. The van der Waals surface area contributed by atoms with Crippen LogP contribution in [0.15, 0.2) is 0 Å². The van der Waals surface area contributed by atoms with Crippen LogP contribution in [-0.4, -0.2) is 36.1 Å². The van der Waals surface area contributed by atoms with Crippen LogP contribution in [0, 0.1) is 11.8 Å². The maximum absolute atomic E-state index is 11.9. The summed E-state index contributed by atoms with van der Waals surface area (Å²) in [4.78, 5) is 22.8. The van der Waals surface area contributed by atoms with Crippen molar-refractivity contribution in [2.24, 2.45) is 11.8 Å². The Kier molecular flexibility index (Phi) is 3.99. The average Bonchev–Trinajstić information content (AvgIpc) is 2.82. The molecule has 96 valence electrons. The average molecular weight is 240 g/mol. The van der Waals surface area contributed by atoms with Gasteiger partial charge in [-0.25, -0.2) is 0 Å². The highest BCUT2D eigenvalue weighted by atomic mass is 16.4. The number of amides is 1. The molecule has 3 atom stereocenters. The summed E-state index contributed by atoms with van der Waals surface area (Å²) >= 11 is 0. The van der Waals surface area contributed by atoms with Crippen molar-refractivity contribution < 1.29 is 14.7 Å². The van der Waals surface area contributed by atoms with Gasteiger partial charge in [-0.15, -0.1) is 0 Å². The minimum absolute atomic E-state index is 0.0537. The second kappa shape index (κ2) is 5.49. The zero-order chi connectivity index (χ0) is 12.3. The second-order valence-electron chi connectivity index (χ2n) is 5.10. The largest absolute Gasteiger partial charge is 0.481 e. The molecule has 1 aliphatic carbocycles. The summed E-state index contributed by atoms with van der Waals surface area (Å²) in [6, 6.07) is 0.0537. The molecule has 0 radical (unpaired) electrons. The predicted octanol–water partition coefficient (Wildman–Crippen LogP) is 0.356. The first-order chi connectivity index (χ1) is 8.16. The van der Waals surface area contributed by atoms with Gasteiger partial charge in [-0.3, -0.25) is 9.59 Å². The first-order valence-corrected chi connectivity index (χ1v) is 6.40. The van der Waals surface area contributed by atoms with Crippen molar-refractivity contribution in [1.29, 1.82) is 0 Å². The van der Waals surface area contributed by atoms with Crippen LogP contribution in [0.1, 0.15) is 32.1 Å². The highest BCUT2D eigenvalue weighted by Crippen LogP contribution is 2.24. The van der Waals surface area contributed by atoms with Gasteiger partial charge in [-0.2, -0.15) is 0 Å². The van der Waals surface area contributed by atoms with Crippen molar-refractivity contribution in [1.82, 2.24) is 10.6 Å². The van der Waals surface area contributed by atoms with E-state index >= 15 is 0 Å². The van der Waals surface area contributed by atoms with Gasteiger partial charge in [0.2, 0.25) is 5.91 Å². The van der Waals surface area contributed by atoms with Gasteiger partial charge in [0.25, 0.3) is 0 Å². The lowest BCUT2D eigenvalue weighted by atomic mass is 9.85. The van der Waals surface area contributed by atoms with Gasteiger partial charge in [-0.1, -0.05) is 6.42 Å². The molecule has 3 N–H and O–H groups in total. The maximum Gasteiger partial charge on any atom is 0.306 e. The molecule has 5 nitrogen and oxygen atoms in total. The highest BCUT2D eigenvalue weighted by Gasteiger charge is 2.30. The van der Waals surface area contributed by atoms with E-state index < -0.39 is 5.97 Å². The molecule has 1 saturated heterocycles. The lowest BCUT2D eigenvalue weighted by molar-refractivity contribution is -0.143. The first-order valence-electron chi connectivity index (χ1n) is 6.40. The fourth-order valence-corrected chi connectivity index (χ4v) is 2.74. The maximum atomic E-state index is 11.9. The molecule has 2 aliphatic rings. The molecule has 2 rings (SSSR count). The van der Waals surface area contributed by atoms with Crippen molar-refractivity contribution in [2.45, 2.75) is 38.1 Å². The summed E-state index contributed by atoms with van der Waals surface area (Å²) in [6.07, 6.45) is 4.02. The lowest BCUT2D eigenvalue weighted by Gasteiger charge is -2.28. The van der Waals surface area contributed by atoms with Gasteiger partial charge in [0.1, 0.15) is 0 Å². The SMILES string of the molecule is O=C(O)C1CCCC(NC(=O)C2CCNC2)C1. The van der Waals surface area contributed by atoms with Crippen LogP contribution in [0.5, 0.6) is 0 Å². The molecule has 0 aromatic rings. The van der Waals surface area contributed by atoms with Crippen LogP contribution in [0.2, 0.25) is 0 Å². The fraction of sp³-hybridized carbons (Fsp3) is 0.833. The summed E-state index contributed by atoms with van der Waals surface area (Å²) < 4.78 is 0. The van der Waals surface area contributed by atoms with Gasteiger partial charge in [-0.05, 0) is 32.2 Å². The Morgan fingerprint density at radius 3 is 2.65 bits per heavy atom. The van der Waals surface area contributed by atoms with Crippen LogP contribution >= 0.6 is 0 Å². The normalized spacial score (nSPS) is 33.3. The van der Waals surface area contributed by atoms with E-state index in [2.05, 4.69) is 10.6 Å². The van der Waals surface area contributed by atoms with Gasteiger partial charge in [0.15, 0.2) is 0 Å². The molecule has 0 bridgehead atoms. The van der Waals surface area contributed by atoms with Crippen molar-refractivity contribution in [3.63, 3.8) is 0 Å². The number of hydrogen-bond donors (Lipinski definition) is 3. The summed E-state index contributed by atoms with van der Waals surface area (Å²) in [7, 11) is 0. The predicted molar refractivity (Wildman–Crippen MR) is 62.5 cm³/mol. The van der Waals surface area contributed by atoms with Crippen molar-refractivity contribution in [2.75, 3.05) is 13.1 Å². The number of carboxylic acids is 1. The smallest absolute Gasteiger partial charge is 0.306 e. The summed E-state index contributed by atoms with van der Waals surface area (Å²) in [5.74, 6) is -0.853. The Bertz CT molecular complexity index is 300. The van der Waals surface area contributed by atoms with Gasteiger partial charge >= 0.3 is 5.97 Å². The Morgan fingerprint density at radius 2 is 2.00 bits per heavy atom. The van der Waals surface area contributed by atoms with Crippen molar-refractivity contribution in [3.05, 3.63) is 0 Å². The molecular formula is C12H20N2O3. The molecule has 0 aromatic carbocycles. The number of rotatable bonds is 3. The molecule has 2 fully saturated rings. The summed E-state index contributed by atoms with van der Waals surface area (Å²) in [5, 5.41) is 15.1. The van der Waals surface area contributed by atoms with E-state index in [1.54, 1.807) is 0 Å². The van der Waals surface area contributed by atoms with Crippen LogP contribution in [0.4, 0.5) is 0 Å². The van der Waals surface area contributed by atoms with Crippen molar-refractivity contribution >= 4 is 11.9 Å². The lowest BCUT2D eigenvalue weighted by Crippen LogP contribution is -2.43. The van der Waals surface area contributed by atoms with E-state index in [1.807, 2.05) is 0 Å². The van der Waals surface area contributed by atoms with E-state index in [1.165, 1.54) is 0 Å². The molecule has 1 saturated carbocycles. The van der Waals surface area contributed by atoms with Crippen LogP contribution < -0.4 is 10.6 Å². The molecule has 0 spiro atoms. The number of carbonyl (C=O) groups excluding carboxylic acids is 1. The molecule has 3 unspecified atom stereocenters. The summed E-state index contributed by atoms with van der Waals surface area (Å²) in [6.45, 7) is 1.65. The Labute approximate surface area is 101 Å². The monoisotopic (exact) mass is 240 g/mol. The third-order valence-electron chi connectivity index (χ3n) is 3.80. The molecular weight excluding hydrogens is 220 g/mol. The summed E-state index contributed by atoms with van der Waals surface area (Å²) in [5.41, 5.74) is 0. The van der Waals surface area contributed by atoms with Crippen LogP contribution in [-0.2, 0) is 9.59 Å². The zero-order valence-electron chi connectivity index (χ0n) is 9.95. The third-order valence-corrected chi connectivity index (χ3v) is 3.80. The number of carbonyl (C=O) groups is 2. The second-order valence-corrected chi connectivity index (χ2v) is 5.10.